The van der Waals surface area contributed by atoms with Gasteiger partial charge in [0.05, 0.1) is 0 Å². The van der Waals surface area contributed by atoms with Gasteiger partial charge in [-0.15, -0.1) is 0 Å². The van der Waals surface area contributed by atoms with Gasteiger partial charge in [-0.05, 0) is 12.1 Å². The molecule has 1 N–H and O–H groups in total. The lowest BCUT2D eigenvalue weighted by atomic mass is 10.1. The van der Waals surface area contributed by atoms with Gasteiger partial charge in [0.25, 0.3) is 0 Å². The maximum Gasteiger partial charge on any atom is 0.328 e. The van der Waals surface area contributed by atoms with Gasteiger partial charge in [0.15, 0.2) is 0 Å². The molecule has 4 nitrogen and oxygen atoms in total. The first-order chi connectivity index (χ1) is 8.24. The molecule has 0 aliphatic carbocycles. The summed E-state index contributed by atoms with van der Waals surface area (Å²) in [5.41, 5.74) is 0. The predicted octanol–water partition coefficient (Wildman–Crippen LogP) is 1.39. The maximum atomic E-state index is 10.3. The summed E-state index contributed by atoms with van der Waals surface area (Å²) >= 11 is 0. The molecule has 1 saturated heterocycles. The van der Waals surface area contributed by atoms with E-state index in [0.29, 0.717) is 6.54 Å². The molecule has 0 bridgehead atoms. The molecule has 2 rings (SSSR count). The molecule has 0 aromatic heterocycles. The number of hydrogen-bond acceptors (Lipinski definition) is 3. The molecule has 4 heteroatoms. The van der Waals surface area contributed by atoms with E-state index < -0.39 is 5.97 Å². The normalized spacial score (nSPS) is 16.9. The Bertz CT molecular complexity index is 396. The Morgan fingerprint density at radius 1 is 1.41 bits per heavy atom. The van der Waals surface area contributed by atoms with E-state index >= 15 is 0 Å². The summed E-state index contributed by atoms with van der Waals surface area (Å²) in [6, 6.07) is 9.72. The van der Waals surface area contributed by atoms with E-state index in [1.165, 1.54) is 6.08 Å². The van der Waals surface area contributed by atoms with Crippen LogP contribution in [0, 0.1) is 0 Å². The minimum absolute atomic E-state index is 0.218. The summed E-state index contributed by atoms with van der Waals surface area (Å²) < 4.78 is 5.73. The number of carboxylic acids is 1. The van der Waals surface area contributed by atoms with Gasteiger partial charge in [-0.1, -0.05) is 24.3 Å². The van der Waals surface area contributed by atoms with Crippen LogP contribution < -0.4 is 4.74 Å². The molecule has 0 radical (unpaired) electrons. The fourth-order valence-corrected chi connectivity index (χ4v) is 1.74. The summed E-state index contributed by atoms with van der Waals surface area (Å²) in [4.78, 5) is 12.4. The summed E-state index contributed by atoms with van der Waals surface area (Å²) in [6.07, 6.45) is 3.04. The molecule has 0 amide bonds. The zero-order valence-electron chi connectivity index (χ0n) is 9.45. The zero-order chi connectivity index (χ0) is 12.1. The van der Waals surface area contributed by atoms with Crippen LogP contribution in [0.5, 0.6) is 5.75 Å². The fraction of sp³-hybridized carbons (Fsp3) is 0.308. The number of ether oxygens (including phenoxy) is 1. The summed E-state index contributed by atoms with van der Waals surface area (Å²) in [5, 5.41) is 8.43. The molecule has 17 heavy (non-hydrogen) atoms. The number of nitrogens with zero attached hydrogens (tertiary/aromatic N) is 1. The third-order valence-electron chi connectivity index (χ3n) is 2.59. The van der Waals surface area contributed by atoms with Gasteiger partial charge in [0, 0.05) is 25.7 Å². The molecule has 1 fully saturated rings. The number of rotatable bonds is 5. The van der Waals surface area contributed by atoms with Crippen molar-refractivity contribution in [1.82, 2.24) is 4.90 Å². The number of hydrogen-bond donors (Lipinski definition) is 1. The minimum Gasteiger partial charge on any atom is -0.488 e. The molecule has 1 aliphatic rings. The highest BCUT2D eigenvalue weighted by molar-refractivity contribution is 5.79. The highest BCUT2D eigenvalue weighted by Gasteiger charge is 2.27. The van der Waals surface area contributed by atoms with Crippen LogP contribution in [0.1, 0.15) is 0 Å². The highest BCUT2D eigenvalue weighted by atomic mass is 16.5. The third-order valence-corrected chi connectivity index (χ3v) is 2.59. The molecular weight excluding hydrogens is 218 g/mol. The lowest BCUT2D eigenvalue weighted by Gasteiger charge is -2.38. The molecule has 1 heterocycles. The lowest BCUT2D eigenvalue weighted by molar-refractivity contribution is -0.131. The molecule has 1 aromatic carbocycles. The standard InChI is InChI=1S/C13H15NO3/c15-13(16)7-4-8-14-9-12(10-14)17-11-5-2-1-3-6-11/h1-7,12H,8-10H2,(H,15,16)/b7-4+. The van der Waals surface area contributed by atoms with Gasteiger partial charge in [-0.3, -0.25) is 4.90 Å². The van der Waals surface area contributed by atoms with Crippen LogP contribution in [0.25, 0.3) is 0 Å². The second-order valence-electron chi connectivity index (χ2n) is 4.01. The van der Waals surface area contributed by atoms with E-state index in [-0.39, 0.29) is 6.10 Å². The second-order valence-corrected chi connectivity index (χ2v) is 4.01. The van der Waals surface area contributed by atoms with Gasteiger partial charge in [0.2, 0.25) is 0 Å². The van der Waals surface area contributed by atoms with Gasteiger partial charge in [-0.2, -0.15) is 0 Å². The smallest absolute Gasteiger partial charge is 0.328 e. The molecule has 1 aromatic rings. The Hall–Kier alpha value is -1.81. The van der Waals surface area contributed by atoms with E-state index in [1.807, 2.05) is 30.3 Å². The SMILES string of the molecule is O=C(O)/C=C/CN1CC(Oc2ccccc2)C1. The molecule has 0 saturated carbocycles. The van der Waals surface area contributed by atoms with Crippen molar-refractivity contribution < 1.29 is 14.6 Å². The Morgan fingerprint density at radius 2 is 2.12 bits per heavy atom. The minimum atomic E-state index is -0.900. The van der Waals surface area contributed by atoms with Crippen LogP contribution in [0.4, 0.5) is 0 Å². The molecule has 1 aliphatic heterocycles. The monoisotopic (exact) mass is 233 g/mol. The first-order valence-corrected chi connectivity index (χ1v) is 5.57. The van der Waals surface area contributed by atoms with Crippen molar-refractivity contribution in [2.45, 2.75) is 6.10 Å². The van der Waals surface area contributed by atoms with Gasteiger partial charge >= 0.3 is 5.97 Å². The van der Waals surface area contributed by atoms with Crippen LogP contribution in [0.3, 0.4) is 0 Å². The number of para-hydroxylation sites is 1. The summed E-state index contributed by atoms with van der Waals surface area (Å²) in [7, 11) is 0. The number of benzene rings is 1. The van der Waals surface area contributed by atoms with Gasteiger partial charge in [0.1, 0.15) is 11.9 Å². The molecular formula is C13H15NO3. The van der Waals surface area contributed by atoms with Crippen LogP contribution in [-0.2, 0) is 4.79 Å². The van der Waals surface area contributed by atoms with Crippen molar-refractivity contribution in [1.29, 1.82) is 0 Å². The molecule has 0 spiro atoms. The molecule has 0 unspecified atom stereocenters. The zero-order valence-corrected chi connectivity index (χ0v) is 9.45. The maximum absolute atomic E-state index is 10.3. The lowest BCUT2D eigenvalue weighted by Crippen LogP contribution is -2.53. The van der Waals surface area contributed by atoms with Gasteiger partial charge in [-0.25, -0.2) is 4.79 Å². The third kappa shape index (κ3) is 3.60. The Morgan fingerprint density at radius 3 is 2.76 bits per heavy atom. The highest BCUT2D eigenvalue weighted by Crippen LogP contribution is 2.17. The largest absolute Gasteiger partial charge is 0.488 e. The Labute approximate surface area is 100 Å². The number of carboxylic acid groups (broad SMARTS) is 1. The van der Waals surface area contributed by atoms with E-state index in [4.69, 9.17) is 9.84 Å². The quantitative estimate of drug-likeness (QED) is 0.781. The number of aliphatic carboxylic acids is 1. The Balaban J connectivity index is 1.68. The van der Waals surface area contributed by atoms with E-state index in [9.17, 15) is 4.79 Å². The van der Waals surface area contributed by atoms with Crippen LogP contribution in [0.15, 0.2) is 42.5 Å². The van der Waals surface area contributed by atoms with Crippen molar-refractivity contribution in [3.63, 3.8) is 0 Å². The summed E-state index contributed by atoms with van der Waals surface area (Å²) in [5.74, 6) is -0.0131. The van der Waals surface area contributed by atoms with Crippen molar-refractivity contribution in [2.75, 3.05) is 19.6 Å². The van der Waals surface area contributed by atoms with Crippen molar-refractivity contribution in [2.24, 2.45) is 0 Å². The molecule has 0 atom stereocenters. The second kappa shape index (κ2) is 5.50. The molecule has 90 valence electrons. The van der Waals surface area contributed by atoms with Crippen molar-refractivity contribution >= 4 is 5.97 Å². The van der Waals surface area contributed by atoms with E-state index in [1.54, 1.807) is 6.08 Å². The Kier molecular flexibility index (Phi) is 3.77. The van der Waals surface area contributed by atoms with Crippen LogP contribution in [0.2, 0.25) is 0 Å². The van der Waals surface area contributed by atoms with Crippen LogP contribution in [-0.4, -0.2) is 41.7 Å². The van der Waals surface area contributed by atoms with Gasteiger partial charge < -0.3 is 9.84 Å². The predicted molar refractivity (Wildman–Crippen MR) is 64.1 cm³/mol. The van der Waals surface area contributed by atoms with E-state index in [2.05, 4.69) is 4.90 Å². The van der Waals surface area contributed by atoms with Crippen LogP contribution >= 0.6 is 0 Å². The fourth-order valence-electron chi connectivity index (χ4n) is 1.74. The number of carbonyl (C=O) groups is 1. The first kappa shape index (κ1) is 11.7. The number of likely N-dealkylation sites (tertiary alicyclic amines) is 1. The average Bonchev–Trinajstić information content (AvgIpc) is 2.26. The topological polar surface area (TPSA) is 49.8 Å². The average molecular weight is 233 g/mol. The van der Waals surface area contributed by atoms with Crippen molar-refractivity contribution in [3.8, 4) is 5.75 Å². The summed E-state index contributed by atoms with van der Waals surface area (Å²) in [6.45, 7) is 2.36. The van der Waals surface area contributed by atoms with E-state index in [0.717, 1.165) is 18.8 Å². The first-order valence-electron chi connectivity index (χ1n) is 5.57. The van der Waals surface area contributed by atoms with Crippen molar-refractivity contribution in [3.05, 3.63) is 42.5 Å².